The smallest absolute Gasteiger partial charge is 0.343 e. The van der Waals surface area contributed by atoms with Gasteiger partial charge in [-0.1, -0.05) is 49.0 Å². The van der Waals surface area contributed by atoms with Crippen molar-refractivity contribution in [1.82, 2.24) is 0 Å². The van der Waals surface area contributed by atoms with Gasteiger partial charge in [-0.3, -0.25) is 0 Å². The maximum Gasteiger partial charge on any atom is 0.343 e. The van der Waals surface area contributed by atoms with Gasteiger partial charge >= 0.3 is 11.9 Å². The minimum atomic E-state index is -0.525. The Labute approximate surface area is 158 Å². The molecular weight excluding hydrogens is 340 g/mol. The molecule has 4 heteroatoms. The van der Waals surface area contributed by atoms with E-state index in [0.29, 0.717) is 16.7 Å². The van der Waals surface area contributed by atoms with E-state index in [0.717, 1.165) is 16.3 Å². The van der Waals surface area contributed by atoms with Gasteiger partial charge in [0.15, 0.2) is 0 Å². The second-order valence-electron chi connectivity index (χ2n) is 6.04. The fourth-order valence-electron chi connectivity index (χ4n) is 3.05. The lowest BCUT2D eigenvalue weighted by molar-refractivity contribution is 0.0523. The predicted octanol–water partition coefficient (Wildman–Crippen LogP) is 5.15. The van der Waals surface area contributed by atoms with E-state index >= 15 is 0 Å². The Balaban J connectivity index is 2.06. The standard InChI is InChI=1S/C23H20O4/c1-4-26-23(25)20-14-18-12-8-9-13-19(18)15(2)21(20)16(3)27-22(24)17-10-6-5-7-11-17/h5-14H,3-4H2,1-2H3. The summed E-state index contributed by atoms with van der Waals surface area (Å²) in [6.07, 6.45) is 0. The summed E-state index contributed by atoms with van der Waals surface area (Å²) >= 11 is 0. The maximum atomic E-state index is 12.5. The summed E-state index contributed by atoms with van der Waals surface area (Å²) in [5.41, 5.74) is 2.03. The normalized spacial score (nSPS) is 10.4. The van der Waals surface area contributed by atoms with E-state index in [9.17, 15) is 9.59 Å². The molecule has 3 rings (SSSR count). The topological polar surface area (TPSA) is 52.6 Å². The second-order valence-corrected chi connectivity index (χ2v) is 6.04. The van der Waals surface area contributed by atoms with Gasteiger partial charge in [0.25, 0.3) is 0 Å². The minimum Gasteiger partial charge on any atom is -0.462 e. The molecule has 0 spiro atoms. The highest BCUT2D eigenvalue weighted by molar-refractivity contribution is 6.03. The van der Waals surface area contributed by atoms with Crippen LogP contribution in [0, 0.1) is 6.92 Å². The van der Waals surface area contributed by atoms with Crippen LogP contribution in [0.15, 0.2) is 67.2 Å². The quantitative estimate of drug-likeness (QED) is 0.466. The molecule has 4 nitrogen and oxygen atoms in total. The Morgan fingerprint density at radius 3 is 2.33 bits per heavy atom. The lowest BCUT2D eigenvalue weighted by Crippen LogP contribution is -2.12. The molecule has 0 saturated carbocycles. The number of rotatable bonds is 5. The van der Waals surface area contributed by atoms with Crippen molar-refractivity contribution >= 4 is 28.5 Å². The van der Waals surface area contributed by atoms with Crippen LogP contribution in [0.4, 0.5) is 0 Å². The molecule has 0 aromatic heterocycles. The van der Waals surface area contributed by atoms with Crippen LogP contribution in [0.1, 0.15) is 38.8 Å². The molecule has 3 aromatic rings. The van der Waals surface area contributed by atoms with Gasteiger partial charge in [0.05, 0.1) is 17.7 Å². The molecule has 136 valence electrons. The van der Waals surface area contributed by atoms with E-state index in [4.69, 9.17) is 9.47 Å². The van der Waals surface area contributed by atoms with Gasteiger partial charge in [0, 0.05) is 5.56 Å². The number of fused-ring (bicyclic) bond motifs is 1. The molecule has 0 saturated heterocycles. The third-order valence-electron chi connectivity index (χ3n) is 4.31. The Hall–Kier alpha value is -3.40. The number of carbonyl (C=O) groups is 2. The number of esters is 2. The molecule has 0 amide bonds. The molecule has 0 fully saturated rings. The molecule has 0 atom stereocenters. The van der Waals surface area contributed by atoms with Gasteiger partial charge < -0.3 is 9.47 Å². The van der Waals surface area contributed by atoms with Crippen molar-refractivity contribution in [3.8, 4) is 0 Å². The van der Waals surface area contributed by atoms with Crippen molar-refractivity contribution in [1.29, 1.82) is 0 Å². The molecule has 27 heavy (non-hydrogen) atoms. The third kappa shape index (κ3) is 3.75. The van der Waals surface area contributed by atoms with Gasteiger partial charge in [-0.05, 0) is 48.4 Å². The van der Waals surface area contributed by atoms with Crippen LogP contribution in [0.3, 0.4) is 0 Å². The summed E-state index contributed by atoms with van der Waals surface area (Å²) in [5.74, 6) is -0.878. The molecule has 0 aliphatic rings. The van der Waals surface area contributed by atoms with Gasteiger partial charge in [-0.15, -0.1) is 0 Å². The molecule has 0 radical (unpaired) electrons. The average Bonchev–Trinajstić information content (AvgIpc) is 2.68. The molecule has 0 heterocycles. The zero-order chi connectivity index (χ0) is 19.4. The highest BCUT2D eigenvalue weighted by atomic mass is 16.5. The molecular formula is C23H20O4. The summed E-state index contributed by atoms with van der Waals surface area (Å²) in [4.78, 5) is 24.9. The summed E-state index contributed by atoms with van der Waals surface area (Å²) in [6, 6.07) is 18.1. The first-order valence-electron chi connectivity index (χ1n) is 8.69. The SMILES string of the molecule is C=C(OC(=O)c1ccccc1)c1c(C(=O)OCC)cc2ccccc2c1C. The average molecular weight is 360 g/mol. The van der Waals surface area contributed by atoms with E-state index in [1.54, 1.807) is 37.3 Å². The van der Waals surface area contributed by atoms with E-state index < -0.39 is 11.9 Å². The van der Waals surface area contributed by atoms with Crippen molar-refractivity contribution in [3.63, 3.8) is 0 Å². The number of aryl methyl sites for hydroxylation is 1. The van der Waals surface area contributed by atoms with Crippen LogP contribution in [-0.4, -0.2) is 18.5 Å². The first-order chi connectivity index (χ1) is 13.0. The number of hydrogen-bond acceptors (Lipinski definition) is 4. The molecule has 0 N–H and O–H groups in total. The highest BCUT2D eigenvalue weighted by Gasteiger charge is 2.22. The Bertz CT molecular complexity index is 1020. The van der Waals surface area contributed by atoms with E-state index in [-0.39, 0.29) is 12.4 Å². The van der Waals surface area contributed by atoms with Crippen molar-refractivity contribution < 1.29 is 19.1 Å². The van der Waals surface area contributed by atoms with E-state index in [1.807, 2.05) is 37.3 Å². The third-order valence-corrected chi connectivity index (χ3v) is 4.31. The first-order valence-corrected chi connectivity index (χ1v) is 8.69. The Morgan fingerprint density at radius 1 is 0.963 bits per heavy atom. The van der Waals surface area contributed by atoms with Crippen molar-refractivity contribution in [2.24, 2.45) is 0 Å². The fraction of sp³-hybridized carbons (Fsp3) is 0.130. The summed E-state index contributed by atoms with van der Waals surface area (Å²) in [7, 11) is 0. The minimum absolute atomic E-state index is 0.121. The van der Waals surface area contributed by atoms with Crippen LogP contribution in [0.25, 0.3) is 16.5 Å². The van der Waals surface area contributed by atoms with Crippen LogP contribution in [0.2, 0.25) is 0 Å². The molecule has 3 aromatic carbocycles. The number of hydrogen-bond donors (Lipinski definition) is 0. The summed E-state index contributed by atoms with van der Waals surface area (Å²) < 4.78 is 10.7. The Morgan fingerprint density at radius 2 is 1.63 bits per heavy atom. The molecule has 0 aliphatic carbocycles. The van der Waals surface area contributed by atoms with Crippen LogP contribution in [-0.2, 0) is 9.47 Å². The maximum absolute atomic E-state index is 12.5. The fourth-order valence-corrected chi connectivity index (χ4v) is 3.05. The van der Waals surface area contributed by atoms with Crippen LogP contribution < -0.4 is 0 Å². The van der Waals surface area contributed by atoms with Gasteiger partial charge in [0.2, 0.25) is 0 Å². The zero-order valence-corrected chi connectivity index (χ0v) is 15.3. The lowest BCUT2D eigenvalue weighted by atomic mass is 9.94. The van der Waals surface area contributed by atoms with Gasteiger partial charge in [-0.25, -0.2) is 9.59 Å². The van der Waals surface area contributed by atoms with E-state index in [2.05, 4.69) is 6.58 Å². The Kier molecular flexibility index (Phi) is 5.36. The largest absolute Gasteiger partial charge is 0.462 e. The van der Waals surface area contributed by atoms with Crippen LogP contribution >= 0.6 is 0 Å². The van der Waals surface area contributed by atoms with Crippen molar-refractivity contribution in [2.75, 3.05) is 6.61 Å². The van der Waals surface area contributed by atoms with Crippen LogP contribution in [0.5, 0.6) is 0 Å². The van der Waals surface area contributed by atoms with Gasteiger partial charge in [0.1, 0.15) is 5.76 Å². The highest BCUT2D eigenvalue weighted by Crippen LogP contribution is 2.31. The number of benzene rings is 3. The monoisotopic (exact) mass is 360 g/mol. The van der Waals surface area contributed by atoms with Gasteiger partial charge in [-0.2, -0.15) is 0 Å². The number of ether oxygens (including phenoxy) is 2. The summed E-state index contributed by atoms with van der Waals surface area (Å²) in [5, 5.41) is 1.86. The molecule has 0 aliphatic heterocycles. The number of carbonyl (C=O) groups excluding carboxylic acids is 2. The summed E-state index contributed by atoms with van der Waals surface area (Å²) in [6.45, 7) is 7.78. The second kappa shape index (κ2) is 7.87. The molecule has 0 unspecified atom stereocenters. The van der Waals surface area contributed by atoms with Crippen molar-refractivity contribution in [2.45, 2.75) is 13.8 Å². The molecule has 0 bridgehead atoms. The predicted molar refractivity (Wildman–Crippen MR) is 106 cm³/mol. The first kappa shape index (κ1) is 18.4. The lowest BCUT2D eigenvalue weighted by Gasteiger charge is -2.16. The zero-order valence-electron chi connectivity index (χ0n) is 15.3. The van der Waals surface area contributed by atoms with Crippen molar-refractivity contribution in [3.05, 3.63) is 89.5 Å². The van der Waals surface area contributed by atoms with E-state index in [1.165, 1.54) is 0 Å².